The number of nitrogens with two attached hydrogens (primary N) is 3. The summed E-state index contributed by atoms with van der Waals surface area (Å²) in [5.41, 5.74) is 20.0. The molecule has 0 aliphatic heterocycles. The number of amides is 3. The number of rotatable bonds is 20. The average Bonchev–Trinajstić information content (AvgIpc) is 3.75. The van der Waals surface area contributed by atoms with Crippen LogP contribution < -0.4 is 27.8 Å². The van der Waals surface area contributed by atoms with E-state index in [4.69, 9.17) is 17.2 Å². The van der Waals surface area contributed by atoms with Gasteiger partial charge in [-0.25, -0.2) is 4.98 Å². The fourth-order valence-corrected chi connectivity index (χ4v) is 5.98. The normalized spacial score (nSPS) is 13.5. The SMILES string of the molecule is CC(=O)NC(Cc1cnc[nH]1)C(=O)CC(Cc1ccccc1)C(=O)NC(CCCN=C(N)N)C(=O)CC(Cc1c[nH]c2ccccc12)C(N)=O. The fourth-order valence-electron chi connectivity index (χ4n) is 5.98. The number of carbonyl (C=O) groups excluding carboxylic acids is 5. The summed E-state index contributed by atoms with van der Waals surface area (Å²) < 4.78 is 0. The summed E-state index contributed by atoms with van der Waals surface area (Å²) in [7, 11) is 0. The number of aromatic nitrogens is 3. The van der Waals surface area contributed by atoms with Crippen molar-refractivity contribution in [1.29, 1.82) is 0 Å². The molecule has 2 aromatic heterocycles. The smallest absolute Gasteiger partial charge is 0.224 e. The lowest BCUT2D eigenvalue weighted by Gasteiger charge is -2.24. The Morgan fingerprint density at radius 1 is 0.820 bits per heavy atom. The molecular weight excluding hydrogens is 638 g/mol. The number of para-hydroxylation sites is 1. The van der Waals surface area contributed by atoms with Crippen LogP contribution in [0.4, 0.5) is 0 Å². The average molecular weight is 684 g/mol. The largest absolute Gasteiger partial charge is 0.370 e. The van der Waals surface area contributed by atoms with E-state index in [9.17, 15) is 24.0 Å². The van der Waals surface area contributed by atoms with Crippen LogP contribution in [-0.4, -0.2) is 68.8 Å². The molecule has 0 saturated heterocycles. The Morgan fingerprint density at radius 3 is 2.20 bits per heavy atom. The van der Waals surface area contributed by atoms with Gasteiger partial charge < -0.3 is 37.8 Å². The number of fused-ring (bicyclic) bond motifs is 1. The number of aliphatic imine (C=N–C) groups is 1. The number of aromatic amines is 2. The molecule has 14 nitrogen and oxygen atoms in total. The van der Waals surface area contributed by atoms with Gasteiger partial charge in [0.1, 0.15) is 0 Å². The highest BCUT2D eigenvalue weighted by molar-refractivity contribution is 5.95. The second-order valence-corrected chi connectivity index (χ2v) is 12.4. The van der Waals surface area contributed by atoms with E-state index in [-0.39, 0.29) is 62.6 Å². The second kappa shape index (κ2) is 18.1. The molecule has 0 saturated carbocycles. The van der Waals surface area contributed by atoms with E-state index in [1.807, 2.05) is 54.6 Å². The van der Waals surface area contributed by atoms with Gasteiger partial charge in [0.05, 0.1) is 18.4 Å². The van der Waals surface area contributed by atoms with Crippen molar-refractivity contribution >= 4 is 46.2 Å². The third-order valence-electron chi connectivity index (χ3n) is 8.53. The lowest BCUT2D eigenvalue weighted by molar-refractivity contribution is -0.134. The predicted molar refractivity (Wildman–Crippen MR) is 189 cm³/mol. The molecule has 0 spiro atoms. The van der Waals surface area contributed by atoms with Crippen molar-refractivity contribution in [3.63, 3.8) is 0 Å². The molecule has 0 aliphatic carbocycles. The van der Waals surface area contributed by atoms with E-state index in [0.717, 1.165) is 22.0 Å². The first-order valence-electron chi connectivity index (χ1n) is 16.5. The Balaban J connectivity index is 1.55. The third-order valence-corrected chi connectivity index (χ3v) is 8.53. The summed E-state index contributed by atoms with van der Waals surface area (Å²) in [4.78, 5) is 80.3. The van der Waals surface area contributed by atoms with E-state index < -0.39 is 41.6 Å². The summed E-state index contributed by atoms with van der Waals surface area (Å²) in [6, 6.07) is 14.9. The minimum atomic E-state index is -1.01. The Hall–Kier alpha value is -5.79. The number of H-pyrrole nitrogens is 2. The first-order chi connectivity index (χ1) is 24.0. The van der Waals surface area contributed by atoms with Crippen LogP contribution in [0.25, 0.3) is 10.9 Å². The standard InChI is InChI=1S/C36H45N9O5/c1-22(46)44-31(18-27-20-40-21-43-27)33(48)17-25(14-23-8-3-2-4-9-23)35(50)45-30(12-7-13-41-36(38)39)32(47)16-24(34(37)49)15-26-19-42-29-11-6-5-10-28(26)29/h2-6,8-11,19-21,24-25,30-31,42H,7,12-18H2,1H3,(H2,37,49)(H,40,43)(H,44,46)(H,45,50)(H4,38,39,41). The number of hydrogen-bond acceptors (Lipinski definition) is 7. The Kier molecular flexibility index (Phi) is 13.4. The first kappa shape index (κ1) is 37.0. The Labute approximate surface area is 290 Å². The zero-order valence-corrected chi connectivity index (χ0v) is 28.1. The van der Waals surface area contributed by atoms with Crippen molar-refractivity contribution < 1.29 is 24.0 Å². The van der Waals surface area contributed by atoms with Crippen LogP contribution in [0.5, 0.6) is 0 Å². The van der Waals surface area contributed by atoms with Crippen molar-refractivity contribution in [2.45, 2.75) is 64.0 Å². The highest BCUT2D eigenvalue weighted by Gasteiger charge is 2.32. The molecule has 4 unspecified atom stereocenters. The number of hydrogen-bond donors (Lipinski definition) is 7. The zero-order valence-electron chi connectivity index (χ0n) is 28.1. The second-order valence-electron chi connectivity index (χ2n) is 12.4. The number of nitrogens with zero attached hydrogens (tertiary/aromatic N) is 2. The van der Waals surface area contributed by atoms with Crippen molar-refractivity contribution in [1.82, 2.24) is 25.6 Å². The molecule has 0 bridgehead atoms. The molecule has 4 aromatic rings. The van der Waals surface area contributed by atoms with Crippen LogP contribution >= 0.6 is 0 Å². The van der Waals surface area contributed by atoms with Gasteiger partial charge >= 0.3 is 0 Å². The highest BCUT2D eigenvalue weighted by atomic mass is 16.2. The van der Waals surface area contributed by atoms with E-state index >= 15 is 0 Å². The Bertz CT molecular complexity index is 1780. The molecule has 2 heterocycles. The van der Waals surface area contributed by atoms with E-state index in [1.54, 1.807) is 12.4 Å². The van der Waals surface area contributed by atoms with Crippen molar-refractivity contribution in [3.8, 4) is 0 Å². The minimum Gasteiger partial charge on any atom is -0.370 e. The maximum absolute atomic E-state index is 14.0. The van der Waals surface area contributed by atoms with Crippen LogP contribution in [0, 0.1) is 11.8 Å². The summed E-state index contributed by atoms with van der Waals surface area (Å²) in [6.45, 7) is 1.53. The molecule has 14 heteroatoms. The van der Waals surface area contributed by atoms with Crippen molar-refractivity contribution in [2.75, 3.05) is 6.54 Å². The molecule has 10 N–H and O–H groups in total. The predicted octanol–water partition coefficient (Wildman–Crippen LogP) is 1.60. The minimum absolute atomic E-state index is 0.102. The van der Waals surface area contributed by atoms with Gasteiger partial charge in [-0.3, -0.25) is 29.0 Å². The van der Waals surface area contributed by atoms with Gasteiger partial charge in [-0.2, -0.15) is 0 Å². The first-order valence-corrected chi connectivity index (χ1v) is 16.5. The van der Waals surface area contributed by atoms with E-state index in [2.05, 4.69) is 30.6 Å². The number of carbonyl (C=O) groups is 5. The third kappa shape index (κ3) is 11.1. The van der Waals surface area contributed by atoms with Gasteiger partial charge in [-0.15, -0.1) is 0 Å². The summed E-state index contributed by atoms with van der Waals surface area (Å²) >= 11 is 0. The topological polar surface area (TPSA) is 244 Å². The number of nitrogens with one attached hydrogen (secondary N) is 4. The summed E-state index contributed by atoms with van der Waals surface area (Å²) in [6.07, 6.45) is 5.55. The molecule has 2 aromatic carbocycles. The van der Waals surface area contributed by atoms with E-state index in [0.29, 0.717) is 12.1 Å². The number of ketones is 2. The van der Waals surface area contributed by atoms with Crippen LogP contribution in [0.1, 0.15) is 49.4 Å². The molecular formula is C36H45N9O5. The number of Topliss-reactive ketones (excluding diaryl/α,β-unsaturated/α-hetero) is 2. The molecule has 3 amide bonds. The van der Waals surface area contributed by atoms with Crippen LogP contribution in [0.2, 0.25) is 0 Å². The lowest BCUT2D eigenvalue weighted by atomic mass is 9.88. The molecule has 4 atom stereocenters. The van der Waals surface area contributed by atoms with Crippen LogP contribution in [0.15, 0.2) is 78.3 Å². The quantitative estimate of drug-likeness (QED) is 0.0409. The maximum Gasteiger partial charge on any atom is 0.224 e. The Morgan fingerprint density at radius 2 is 1.52 bits per heavy atom. The molecule has 4 rings (SSSR count). The van der Waals surface area contributed by atoms with Crippen molar-refractivity contribution in [2.24, 2.45) is 34.0 Å². The lowest BCUT2D eigenvalue weighted by Crippen LogP contribution is -2.47. The molecule has 264 valence electrons. The summed E-state index contributed by atoms with van der Waals surface area (Å²) in [5.74, 6) is -4.10. The van der Waals surface area contributed by atoms with E-state index in [1.165, 1.54) is 13.3 Å². The van der Waals surface area contributed by atoms with Gasteiger partial charge in [0, 0.05) is 73.6 Å². The number of imidazole rings is 1. The number of benzene rings is 2. The van der Waals surface area contributed by atoms with Crippen LogP contribution in [-0.2, 0) is 43.2 Å². The molecule has 50 heavy (non-hydrogen) atoms. The molecule has 0 aliphatic rings. The fraction of sp³-hybridized carbons (Fsp3) is 0.361. The number of primary amides is 1. The maximum atomic E-state index is 14.0. The van der Waals surface area contributed by atoms with Crippen LogP contribution in [0.3, 0.4) is 0 Å². The summed E-state index contributed by atoms with van der Waals surface area (Å²) in [5, 5.41) is 6.49. The van der Waals surface area contributed by atoms with Gasteiger partial charge in [-0.05, 0) is 42.9 Å². The van der Waals surface area contributed by atoms with Crippen molar-refractivity contribution in [3.05, 3.63) is 90.1 Å². The van der Waals surface area contributed by atoms with Gasteiger partial charge in [0.2, 0.25) is 17.7 Å². The molecule has 0 fully saturated rings. The highest BCUT2D eigenvalue weighted by Crippen LogP contribution is 2.23. The zero-order chi connectivity index (χ0) is 36.0. The van der Waals surface area contributed by atoms with Gasteiger partial charge in [0.25, 0.3) is 0 Å². The number of guanidine groups is 1. The van der Waals surface area contributed by atoms with Gasteiger partial charge in [0.15, 0.2) is 17.5 Å². The monoisotopic (exact) mass is 683 g/mol. The molecule has 0 radical (unpaired) electrons. The van der Waals surface area contributed by atoms with Gasteiger partial charge in [-0.1, -0.05) is 48.5 Å².